The van der Waals surface area contributed by atoms with Gasteiger partial charge in [-0.1, -0.05) is 11.6 Å². The number of carbonyl (C=O) groups excluding carboxylic acids is 2. The van der Waals surface area contributed by atoms with Gasteiger partial charge in [-0.2, -0.15) is 0 Å². The standard InChI is InChI=1S/C15H19ClO4/c1-2-20-14(18)6-4-3-5-13(17)15(19)11-7-9-12(16)10-8-11/h7-10,13,17H,2-6H2,1H3. The molecule has 0 spiro atoms. The van der Waals surface area contributed by atoms with Gasteiger partial charge in [-0.15, -0.1) is 0 Å². The van der Waals surface area contributed by atoms with E-state index in [4.69, 9.17) is 16.3 Å². The van der Waals surface area contributed by atoms with Crippen molar-refractivity contribution in [1.82, 2.24) is 0 Å². The Morgan fingerprint density at radius 3 is 2.50 bits per heavy atom. The number of hydrogen-bond donors (Lipinski definition) is 1. The van der Waals surface area contributed by atoms with E-state index in [1.54, 1.807) is 31.2 Å². The van der Waals surface area contributed by atoms with E-state index in [1.165, 1.54) is 0 Å². The fraction of sp³-hybridized carbons (Fsp3) is 0.467. The van der Waals surface area contributed by atoms with Crippen molar-refractivity contribution in [3.05, 3.63) is 34.9 Å². The molecule has 0 aromatic heterocycles. The molecule has 0 amide bonds. The fourth-order valence-electron chi connectivity index (χ4n) is 1.78. The van der Waals surface area contributed by atoms with Crippen molar-refractivity contribution in [3.8, 4) is 0 Å². The molecule has 20 heavy (non-hydrogen) atoms. The molecular formula is C15H19ClO4. The molecule has 1 atom stereocenters. The monoisotopic (exact) mass is 298 g/mol. The average Bonchev–Trinajstić information content (AvgIpc) is 2.43. The summed E-state index contributed by atoms with van der Waals surface area (Å²) < 4.78 is 4.80. The van der Waals surface area contributed by atoms with Crippen LogP contribution < -0.4 is 0 Å². The van der Waals surface area contributed by atoms with Gasteiger partial charge in [-0.05, 0) is 50.5 Å². The first-order valence-electron chi connectivity index (χ1n) is 6.68. The number of esters is 1. The highest BCUT2D eigenvalue weighted by atomic mass is 35.5. The van der Waals surface area contributed by atoms with E-state index >= 15 is 0 Å². The number of halogens is 1. The van der Waals surface area contributed by atoms with E-state index in [0.29, 0.717) is 42.9 Å². The van der Waals surface area contributed by atoms with Crippen molar-refractivity contribution in [1.29, 1.82) is 0 Å². The molecule has 1 rings (SSSR count). The van der Waals surface area contributed by atoms with Crippen LogP contribution in [0.1, 0.15) is 43.0 Å². The number of unbranched alkanes of at least 4 members (excludes halogenated alkanes) is 1. The SMILES string of the molecule is CCOC(=O)CCCCC(O)C(=O)c1ccc(Cl)cc1. The van der Waals surface area contributed by atoms with Gasteiger partial charge in [-0.3, -0.25) is 9.59 Å². The molecule has 0 aliphatic rings. The maximum absolute atomic E-state index is 11.9. The Bertz CT molecular complexity index is 442. The number of aliphatic hydroxyl groups is 1. The van der Waals surface area contributed by atoms with Crippen LogP contribution in [0.5, 0.6) is 0 Å². The summed E-state index contributed by atoms with van der Waals surface area (Å²) in [5.74, 6) is -0.566. The normalized spacial score (nSPS) is 11.9. The summed E-state index contributed by atoms with van der Waals surface area (Å²) in [6.07, 6.45) is 0.804. The van der Waals surface area contributed by atoms with Crippen molar-refractivity contribution >= 4 is 23.4 Å². The summed E-state index contributed by atoms with van der Waals surface area (Å²) in [6, 6.07) is 6.41. The Morgan fingerprint density at radius 2 is 1.90 bits per heavy atom. The van der Waals surface area contributed by atoms with Crippen LogP contribution in [0.3, 0.4) is 0 Å². The smallest absolute Gasteiger partial charge is 0.305 e. The Hall–Kier alpha value is -1.39. The molecule has 4 nitrogen and oxygen atoms in total. The van der Waals surface area contributed by atoms with Crippen LogP contribution in [0, 0.1) is 0 Å². The van der Waals surface area contributed by atoms with Gasteiger partial charge in [0.05, 0.1) is 6.61 Å². The van der Waals surface area contributed by atoms with Crippen LogP contribution in [0.4, 0.5) is 0 Å². The molecule has 1 unspecified atom stereocenters. The van der Waals surface area contributed by atoms with Crippen LogP contribution >= 0.6 is 11.6 Å². The first-order chi connectivity index (χ1) is 9.54. The van der Waals surface area contributed by atoms with E-state index in [1.807, 2.05) is 0 Å². The van der Waals surface area contributed by atoms with Crippen molar-refractivity contribution in [2.24, 2.45) is 0 Å². The van der Waals surface area contributed by atoms with Crippen LogP contribution in [-0.2, 0) is 9.53 Å². The lowest BCUT2D eigenvalue weighted by Crippen LogP contribution is -2.20. The van der Waals surface area contributed by atoms with Gasteiger partial charge in [0, 0.05) is 17.0 Å². The average molecular weight is 299 g/mol. The van der Waals surface area contributed by atoms with E-state index in [0.717, 1.165) is 0 Å². The molecule has 0 fully saturated rings. The minimum atomic E-state index is -1.04. The number of carbonyl (C=O) groups is 2. The predicted molar refractivity (Wildman–Crippen MR) is 76.9 cm³/mol. The van der Waals surface area contributed by atoms with E-state index in [9.17, 15) is 14.7 Å². The van der Waals surface area contributed by atoms with Crippen LogP contribution in [0.15, 0.2) is 24.3 Å². The summed E-state index contributed by atoms with van der Waals surface area (Å²) in [7, 11) is 0. The largest absolute Gasteiger partial charge is 0.466 e. The van der Waals surface area contributed by atoms with Crippen LogP contribution in [0.25, 0.3) is 0 Å². The number of rotatable bonds is 8. The molecule has 110 valence electrons. The van der Waals surface area contributed by atoms with E-state index in [2.05, 4.69) is 0 Å². The molecule has 0 heterocycles. The molecule has 0 aliphatic carbocycles. The van der Waals surface area contributed by atoms with Gasteiger partial charge >= 0.3 is 5.97 Å². The summed E-state index contributed by atoms with van der Waals surface area (Å²) in [5.41, 5.74) is 0.437. The van der Waals surface area contributed by atoms with Crippen molar-refractivity contribution in [3.63, 3.8) is 0 Å². The molecule has 0 saturated carbocycles. The van der Waals surface area contributed by atoms with Crippen LogP contribution in [0.2, 0.25) is 5.02 Å². The number of ketones is 1. The third-order valence-corrected chi connectivity index (χ3v) is 3.10. The Kier molecular flexibility index (Phi) is 7.26. The second-order valence-corrected chi connectivity index (χ2v) is 4.87. The Morgan fingerprint density at radius 1 is 1.25 bits per heavy atom. The van der Waals surface area contributed by atoms with E-state index < -0.39 is 6.10 Å². The Balaban J connectivity index is 2.32. The fourth-order valence-corrected chi connectivity index (χ4v) is 1.90. The number of aliphatic hydroxyl groups excluding tert-OH is 1. The lowest BCUT2D eigenvalue weighted by atomic mass is 10.0. The molecule has 0 aliphatic heterocycles. The van der Waals surface area contributed by atoms with Gasteiger partial charge in [0.1, 0.15) is 6.10 Å². The molecular weight excluding hydrogens is 280 g/mol. The summed E-state index contributed by atoms with van der Waals surface area (Å²) in [6.45, 7) is 2.13. The zero-order chi connectivity index (χ0) is 15.0. The number of ether oxygens (including phenoxy) is 1. The highest BCUT2D eigenvalue weighted by molar-refractivity contribution is 6.30. The van der Waals surface area contributed by atoms with E-state index in [-0.39, 0.29) is 11.8 Å². The Labute approximate surface area is 123 Å². The molecule has 0 radical (unpaired) electrons. The second kappa shape index (κ2) is 8.72. The zero-order valence-corrected chi connectivity index (χ0v) is 12.2. The highest BCUT2D eigenvalue weighted by Gasteiger charge is 2.16. The first-order valence-corrected chi connectivity index (χ1v) is 7.06. The van der Waals surface area contributed by atoms with Gasteiger partial charge in [-0.25, -0.2) is 0 Å². The van der Waals surface area contributed by atoms with Gasteiger partial charge in [0.15, 0.2) is 5.78 Å². The quantitative estimate of drug-likeness (QED) is 0.455. The summed E-state index contributed by atoms with van der Waals surface area (Å²) in [5, 5.41) is 10.4. The lowest BCUT2D eigenvalue weighted by Gasteiger charge is -2.09. The number of benzene rings is 1. The number of hydrogen-bond acceptors (Lipinski definition) is 4. The van der Waals surface area contributed by atoms with Crippen molar-refractivity contribution in [2.45, 2.75) is 38.7 Å². The summed E-state index contributed by atoms with van der Waals surface area (Å²) >= 11 is 5.74. The summed E-state index contributed by atoms with van der Waals surface area (Å²) in [4.78, 5) is 23.0. The third-order valence-electron chi connectivity index (χ3n) is 2.85. The second-order valence-electron chi connectivity index (χ2n) is 4.44. The first kappa shape index (κ1) is 16.7. The molecule has 1 aromatic rings. The molecule has 5 heteroatoms. The highest BCUT2D eigenvalue weighted by Crippen LogP contribution is 2.14. The third kappa shape index (κ3) is 5.72. The molecule has 0 bridgehead atoms. The molecule has 1 aromatic carbocycles. The zero-order valence-electron chi connectivity index (χ0n) is 11.5. The maximum Gasteiger partial charge on any atom is 0.305 e. The molecule has 1 N–H and O–H groups in total. The minimum absolute atomic E-state index is 0.244. The maximum atomic E-state index is 11.9. The number of Topliss-reactive ketones (excluding diaryl/α,β-unsaturated/α-hetero) is 1. The van der Waals surface area contributed by atoms with Gasteiger partial charge < -0.3 is 9.84 Å². The van der Waals surface area contributed by atoms with Gasteiger partial charge in [0.2, 0.25) is 0 Å². The topological polar surface area (TPSA) is 63.6 Å². The van der Waals surface area contributed by atoms with Gasteiger partial charge in [0.25, 0.3) is 0 Å². The minimum Gasteiger partial charge on any atom is -0.466 e. The lowest BCUT2D eigenvalue weighted by molar-refractivity contribution is -0.143. The predicted octanol–water partition coefficient (Wildman–Crippen LogP) is 3.01. The van der Waals surface area contributed by atoms with Crippen molar-refractivity contribution < 1.29 is 19.4 Å². The molecule has 0 saturated heterocycles. The van der Waals surface area contributed by atoms with Crippen molar-refractivity contribution in [2.75, 3.05) is 6.61 Å². The van der Waals surface area contributed by atoms with Crippen LogP contribution in [-0.4, -0.2) is 29.6 Å².